The minimum atomic E-state index is -3.96. The maximum absolute atomic E-state index is 12.9. The molecule has 2 amide bonds. The van der Waals surface area contributed by atoms with Gasteiger partial charge in [-0.15, -0.1) is 0 Å². The number of carbonyl (C=O) groups is 2. The molecule has 3 rings (SSSR count). The molecule has 9 heteroatoms. The minimum absolute atomic E-state index is 0.0381. The first-order chi connectivity index (χ1) is 15.7. The molecule has 0 saturated carbocycles. The smallest absolute Gasteiger partial charge is 0.262 e. The Morgan fingerprint density at radius 1 is 0.879 bits per heavy atom. The molecule has 0 saturated heterocycles. The lowest BCUT2D eigenvalue weighted by Crippen LogP contribution is -2.47. The summed E-state index contributed by atoms with van der Waals surface area (Å²) in [7, 11) is -3.96. The molecule has 8 nitrogen and oxygen atoms in total. The summed E-state index contributed by atoms with van der Waals surface area (Å²) in [6.07, 6.45) is 0. The number of hydrogen-bond acceptors (Lipinski definition) is 5. The predicted octanol–water partition coefficient (Wildman–Crippen LogP) is 3.52. The Bertz CT molecular complexity index is 1230. The number of benzene rings is 3. The van der Waals surface area contributed by atoms with Gasteiger partial charge in [0.1, 0.15) is 11.8 Å². The van der Waals surface area contributed by atoms with Gasteiger partial charge in [-0.05, 0) is 54.4 Å². The largest absolute Gasteiger partial charge is 0.455 e. The molecule has 0 aliphatic rings. The number of hydrogen-bond donors (Lipinski definition) is 3. The zero-order chi connectivity index (χ0) is 24.0. The lowest BCUT2D eigenvalue weighted by Gasteiger charge is -2.19. The summed E-state index contributed by atoms with van der Waals surface area (Å²) < 4.78 is 34.2. The molecule has 172 valence electrons. The zero-order valence-corrected chi connectivity index (χ0v) is 19.0. The van der Waals surface area contributed by atoms with Gasteiger partial charge in [0.05, 0.1) is 10.6 Å². The van der Waals surface area contributed by atoms with Crippen LogP contribution < -0.4 is 20.5 Å². The number of sulfonamides is 1. The standard InChI is InChI=1S/C24H25N3O5S/c1-16(2)22(23(25)28)26-24(29)17-12-14-19(15-13-17)33(30,31)27-20-10-6-7-11-21(20)32-18-8-4-3-5-9-18/h3-16,22,27H,1-2H3,(H2,25,28)(H,26,29)/t22-/m0/s1. The molecule has 0 fully saturated rings. The minimum Gasteiger partial charge on any atom is -0.455 e. The molecule has 0 aliphatic heterocycles. The third-order valence-electron chi connectivity index (χ3n) is 4.79. The highest BCUT2D eigenvalue weighted by atomic mass is 32.2. The lowest BCUT2D eigenvalue weighted by atomic mass is 10.0. The molecule has 1 atom stereocenters. The summed E-state index contributed by atoms with van der Waals surface area (Å²) >= 11 is 0. The highest BCUT2D eigenvalue weighted by molar-refractivity contribution is 7.92. The Balaban J connectivity index is 1.77. The van der Waals surface area contributed by atoms with Crippen LogP contribution in [0.5, 0.6) is 11.5 Å². The van der Waals surface area contributed by atoms with Crippen LogP contribution >= 0.6 is 0 Å². The first-order valence-corrected chi connectivity index (χ1v) is 11.7. The summed E-state index contributed by atoms with van der Waals surface area (Å²) in [6, 6.07) is 20.2. The molecular formula is C24H25N3O5S. The van der Waals surface area contributed by atoms with Crippen LogP contribution in [0.4, 0.5) is 5.69 Å². The van der Waals surface area contributed by atoms with E-state index in [0.29, 0.717) is 11.5 Å². The highest BCUT2D eigenvalue weighted by Crippen LogP contribution is 2.30. The maximum atomic E-state index is 12.9. The molecule has 3 aromatic carbocycles. The summed E-state index contributed by atoms with van der Waals surface area (Å²) in [5.41, 5.74) is 5.80. The second-order valence-electron chi connectivity index (χ2n) is 7.64. The number of anilines is 1. The van der Waals surface area contributed by atoms with Gasteiger partial charge in [-0.25, -0.2) is 8.42 Å². The molecule has 33 heavy (non-hydrogen) atoms. The van der Waals surface area contributed by atoms with Gasteiger partial charge in [-0.3, -0.25) is 14.3 Å². The molecule has 0 heterocycles. The number of nitrogens with one attached hydrogen (secondary N) is 2. The van der Waals surface area contributed by atoms with Gasteiger partial charge >= 0.3 is 0 Å². The van der Waals surface area contributed by atoms with Crippen LogP contribution in [0.25, 0.3) is 0 Å². The number of amides is 2. The van der Waals surface area contributed by atoms with E-state index in [-0.39, 0.29) is 22.1 Å². The summed E-state index contributed by atoms with van der Waals surface area (Å²) in [5.74, 6) is -0.442. The second-order valence-corrected chi connectivity index (χ2v) is 9.32. The van der Waals surface area contributed by atoms with Crippen molar-refractivity contribution in [2.45, 2.75) is 24.8 Å². The predicted molar refractivity (Wildman–Crippen MR) is 125 cm³/mol. The monoisotopic (exact) mass is 467 g/mol. The van der Waals surface area contributed by atoms with E-state index < -0.39 is 27.9 Å². The van der Waals surface area contributed by atoms with Gasteiger partial charge in [0.15, 0.2) is 5.75 Å². The molecule has 0 spiro atoms. The third-order valence-corrected chi connectivity index (χ3v) is 6.17. The Morgan fingerprint density at radius 3 is 2.09 bits per heavy atom. The summed E-state index contributed by atoms with van der Waals surface area (Å²) in [5, 5.41) is 2.57. The third kappa shape index (κ3) is 6.11. The number of ether oxygens (including phenoxy) is 1. The number of para-hydroxylation sites is 3. The molecule has 3 aromatic rings. The Hall–Kier alpha value is -3.85. The van der Waals surface area contributed by atoms with Crippen molar-refractivity contribution in [3.63, 3.8) is 0 Å². The van der Waals surface area contributed by atoms with Crippen molar-refractivity contribution < 1.29 is 22.7 Å². The lowest BCUT2D eigenvalue weighted by molar-refractivity contribution is -0.120. The van der Waals surface area contributed by atoms with Gasteiger partial charge in [0.25, 0.3) is 15.9 Å². The molecular weight excluding hydrogens is 442 g/mol. The number of carbonyl (C=O) groups excluding carboxylic acids is 2. The fourth-order valence-corrected chi connectivity index (χ4v) is 4.11. The second kappa shape index (κ2) is 10.2. The maximum Gasteiger partial charge on any atom is 0.262 e. The van der Waals surface area contributed by atoms with E-state index in [1.165, 1.54) is 24.3 Å². The van der Waals surface area contributed by atoms with Crippen molar-refractivity contribution >= 4 is 27.5 Å². The van der Waals surface area contributed by atoms with Crippen molar-refractivity contribution in [3.8, 4) is 11.5 Å². The number of nitrogens with two attached hydrogens (primary N) is 1. The van der Waals surface area contributed by atoms with Crippen LogP contribution in [0.1, 0.15) is 24.2 Å². The number of rotatable bonds is 9. The van der Waals surface area contributed by atoms with Crippen molar-refractivity contribution in [2.75, 3.05) is 4.72 Å². The Kier molecular flexibility index (Phi) is 7.34. The van der Waals surface area contributed by atoms with E-state index in [2.05, 4.69) is 10.0 Å². The average molecular weight is 468 g/mol. The first kappa shape index (κ1) is 23.8. The summed E-state index contributed by atoms with van der Waals surface area (Å²) in [6.45, 7) is 3.52. The van der Waals surface area contributed by atoms with Crippen LogP contribution in [0.3, 0.4) is 0 Å². The van der Waals surface area contributed by atoms with Crippen molar-refractivity contribution in [1.82, 2.24) is 5.32 Å². The molecule has 0 unspecified atom stereocenters. The van der Waals surface area contributed by atoms with Gasteiger partial charge in [-0.1, -0.05) is 44.2 Å². The van der Waals surface area contributed by atoms with E-state index in [0.717, 1.165) is 0 Å². The van der Waals surface area contributed by atoms with Crippen molar-refractivity contribution in [2.24, 2.45) is 11.7 Å². The average Bonchev–Trinajstić information content (AvgIpc) is 2.79. The van der Waals surface area contributed by atoms with Crippen LogP contribution in [0.2, 0.25) is 0 Å². The van der Waals surface area contributed by atoms with Crippen molar-refractivity contribution in [1.29, 1.82) is 0 Å². The van der Waals surface area contributed by atoms with Crippen LogP contribution in [0.15, 0.2) is 83.8 Å². The van der Waals surface area contributed by atoms with E-state index in [9.17, 15) is 18.0 Å². The zero-order valence-electron chi connectivity index (χ0n) is 18.2. The van der Waals surface area contributed by atoms with Crippen LogP contribution in [-0.2, 0) is 14.8 Å². The SMILES string of the molecule is CC(C)[C@H](NC(=O)c1ccc(S(=O)(=O)Nc2ccccc2Oc2ccccc2)cc1)C(N)=O. The molecule has 0 aliphatic carbocycles. The van der Waals surface area contributed by atoms with E-state index in [4.69, 9.17) is 10.5 Å². The fraction of sp³-hybridized carbons (Fsp3) is 0.167. The van der Waals surface area contributed by atoms with Gasteiger partial charge in [0.2, 0.25) is 5.91 Å². The van der Waals surface area contributed by atoms with E-state index >= 15 is 0 Å². The van der Waals surface area contributed by atoms with E-state index in [1.807, 2.05) is 18.2 Å². The topological polar surface area (TPSA) is 128 Å². The van der Waals surface area contributed by atoms with Crippen LogP contribution in [0, 0.1) is 5.92 Å². The Morgan fingerprint density at radius 2 is 1.48 bits per heavy atom. The Labute approximate surface area is 192 Å². The molecule has 0 bridgehead atoms. The molecule has 0 radical (unpaired) electrons. The normalized spacial score (nSPS) is 12.1. The van der Waals surface area contributed by atoms with Gasteiger partial charge in [0, 0.05) is 5.56 Å². The summed E-state index contributed by atoms with van der Waals surface area (Å²) in [4.78, 5) is 23.9. The first-order valence-electron chi connectivity index (χ1n) is 10.2. The van der Waals surface area contributed by atoms with E-state index in [1.54, 1.807) is 50.2 Å². The molecule has 4 N–H and O–H groups in total. The van der Waals surface area contributed by atoms with Gasteiger partial charge in [-0.2, -0.15) is 0 Å². The quantitative estimate of drug-likeness (QED) is 0.444. The highest BCUT2D eigenvalue weighted by Gasteiger charge is 2.23. The fourth-order valence-electron chi connectivity index (χ4n) is 3.04. The molecule has 0 aromatic heterocycles. The van der Waals surface area contributed by atoms with Crippen LogP contribution in [-0.4, -0.2) is 26.3 Å². The van der Waals surface area contributed by atoms with Gasteiger partial charge < -0.3 is 15.8 Å². The van der Waals surface area contributed by atoms with Crippen molar-refractivity contribution in [3.05, 3.63) is 84.4 Å². The number of primary amides is 1.